The fourth-order valence-electron chi connectivity index (χ4n) is 3.88. The van der Waals surface area contributed by atoms with Crippen LogP contribution in [0.2, 0.25) is 0 Å². The fourth-order valence-corrected chi connectivity index (χ4v) is 5.05. The molecule has 0 amide bonds. The molecule has 4 rings (SSSR count). The molecule has 1 aliphatic rings. The van der Waals surface area contributed by atoms with Crippen LogP contribution in [0.5, 0.6) is 0 Å². The number of para-hydroxylation sites is 1. The third kappa shape index (κ3) is 3.65. The molecular formula is C21H23N3O3S. The van der Waals surface area contributed by atoms with Gasteiger partial charge in [-0.15, -0.1) is 0 Å². The van der Waals surface area contributed by atoms with Crippen LogP contribution in [0.25, 0.3) is 10.9 Å². The molecule has 7 heteroatoms. The average molecular weight is 398 g/mol. The van der Waals surface area contributed by atoms with Gasteiger partial charge in [0, 0.05) is 24.3 Å². The van der Waals surface area contributed by atoms with Crippen LogP contribution in [0.3, 0.4) is 0 Å². The second-order valence-electron chi connectivity index (χ2n) is 7.10. The van der Waals surface area contributed by atoms with Crippen molar-refractivity contribution < 1.29 is 13.5 Å². The Labute approximate surface area is 164 Å². The lowest BCUT2D eigenvalue weighted by atomic mass is 9.88. The highest BCUT2D eigenvalue weighted by Crippen LogP contribution is 2.33. The van der Waals surface area contributed by atoms with Crippen molar-refractivity contribution in [3.63, 3.8) is 0 Å². The second kappa shape index (κ2) is 7.95. The van der Waals surface area contributed by atoms with E-state index in [2.05, 4.69) is 20.9 Å². The van der Waals surface area contributed by atoms with Crippen LogP contribution in [0, 0.1) is 0 Å². The van der Waals surface area contributed by atoms with Crippen LogP contribution >= 0.6 is 0 Å². The molecule has 0 atom stereocenters. The number of hydrogen-bond donors (Lipinski definition) is 1. The molecule has 0 aliphatic carbocycles. The first-order valence-electron chi connectivity index (χ1n) is 9.47. The number of aliphatic hydroxyl groups is 1. The van der Waals surface area contributed by atoms with E-state index in [1.807, 2.05) is 12.1 Å². The third-order valence-electron chi connectivity index (χ3n) is 5.38. The van der Waals surface area contributed by atoms with E-state index >= 15 is 0 Å². The molecule has 3 heterocycles. The summed E-state index contributed by atoms with van der Waals surface area (Å²) >= 11 is 0. The van der Waals surface area contributed by atoms with E-state index in [0.717, 1.165) is 43.4 Å². The topological polar surface area (TPSA) is 83.4 Å². The van der Waals surface area contributed by atoms with E-state index in [4.69, 9.17) is 5.11 Å². The van der Waals surface area contributed by atoms with E-state index < -0.39 is 9.84 Å². The van der Waals surface area contributed by atoms with Gasteiger partial charge < -0.3 is 10.0 Å². The summed E-state index contributed by atoms with van der Waals surface area (Å²) in [6, 6.07) is 12.5. The van der Waals surface area contributed by atoms with Crippen molar-refractivity contribution in [2.45, 2.75) is 28.7 Å². The Morgan fingerprint density at radius 1 is 1.07 bits per heavy atom. The predicted molar refractivity (Wildman–Crippen MR) is 107 cm³/mol. The Balaban J connectivity index is 1.66. The molecule has 6 nitrogen and oxygen atoms in total. The van der Waals surface area contributed by atoms with E-state index in [-0.39, 0.29) is 16.5 Å². The molecule has 28 heavy (non-hydrogen) atoms. The monoisotopic (exact) mass is 397 g/mol. The van der Waals surface area contributed by atoms with Gasteiger partial charge in [0.1, 0.15) is 0 Å². The molecule has 2 aromatic heterocycles. The normalized spacial score (nSPS) is 16.5. The zero-order valence-electron chi connectivity index (χ0n) is 15.5. The highest BCUT2D eigenvalue weighted by molar-refractivity contribution is 7.91. The first-order valence-corrected chi connectivity index (χ1v) is 11.0. The molecule has 1 N–H and O–H groups in total. The van der Waals surface area contributed by atoms with Crippen LogP contribution in [0.15, 0.2) is 64.8 Å². The lowest BCUT2D eigenvalue weighted by Crippen LogP contribution is -2.35. The molecule has 0 radical (unpaired) electrons. The Morgan fingerprint density at radius 3 is 2.61 bits per heavy atom. The van der Waals surface area contributed by atoms with Crippen molar-refractivity contribution in [2.24, 2.45) is 0 Å². The van der Waals surface area contributed by atoms with Crippen molar-refractivity contribution in [3.05, 3.63) is 60.4 Å². The summed E-state index contributed by atoms with van der Waals surface area (Å²) in [4.78, 5) is 11.0. The van der Waals surface area contributed by atoms with Crippen LogP contribution in [0.1, 0.15) is 24.3 Å². The van der Waals surface area contributed by atoms with Gasteiger partial charge in [-0.25, -0.2) is 13.4 Å². The van der Waals surface area contributed by atoms with E-state index in [9.17, 15) is 8.42 Å². The quantitative estimate of drug-likeness (QED) is 0.713. The predicted octanol–water partition coefficient (Wildman–Crippen LogP) is 2.63. The summed E-state index contributed by atoms with van der Waals surface area (Å²) in [5, 5.41) is 9.97. The molecular weight excluding hydrogens is 374 g/mol. The maximum Gasteiger partial charge on any atom is 0.225 e. The summed E-state index contributed by atoms with van der Waals surface area (Å²) in [7, 11) is -3.69. The zero-order valence-corrected chi connectivity index (χ0v) is 16.3. The Bertz CT molecular complexity index is 1060. The van der Waals surface area contributed by atoms with E-state index in [1.165, 1.54) is 24.0 Å². The summed E-state index contributed by atoms with van der Waals surface area (Å²) < 4.78 is 25.7. The van der Waals surface area contributed by atoms with Crippen LogP contribution in [0.4, 0.5) is 0 Å². The van der Waals surface area contributed by atoms with Crippen molar-refractivity contribution in [2.75, 3.05) is 26.2 Å². The van der Waals surface area contributed by atoms with E-state index in [0.29, 0.717) is 5.92 Å². The number of fused-ring (bicyclic) bond motifs is 1. The van der Waals surface area contributed by atoms with Gasteiger partial charge in [-0.05, 0) is 55.6 Å². The van der Waals surface area contributed by atoms with Crippen LogP contribution < -0.4 is 0 Å². The number of hydrogen-bond acceptors (Lipinski definition) is 6. The number of aliphatic hydroxyl groups excluding tert-OH is 1. The summed E-state index contributed by atoms with van der Waals surface area (Å²) in [5.41, 5.74) is 2.03. The minimum atomic E-state index is -3.69. The molecule has 1 saturated heterocycles. The Kier molecular flexibility index (Phi) is 5.39. The zero-order chi connectivity index (χ0) is 19.6. The van der Waals surface area contributed by atoms with Crippen molar-refractivity contribution in [1.29, 1.82) is 0 Å². The van der Waals surface area contributed by atoms with E-state index in [1.54, 1.807) is 18.2 Å². The molecule has 146 valence electrons. The number of likely N-dealkylation sites (tertiary alicyclic amines) is 1. The third-order valence-corrected chi connectivity index (χ3v) is 7.02. The van der Waals surface area contributed by atoms with Gasteiger partial charge in [-0.2, -0.15) is 0 Å². The van der Waals surface area contributed by atoms with Gasteiger partial charge >= 0.3 is 0 Å². The van der Waals surface area contributed by atoms with Crippen LogP contribution in [-0.4, -0.2) is 54.6 Å². The Morgan fingerprint density at radius 2 is 1.89 bits per heavy atom. The van der Waals surface area contributed by atoms with Crippen molar-refractivity contribution in [1.82, 2.24) is 14.9 Å². The smallest absolute Gasteiger partial charge is 0.225 e. The van der Waals surface area contributed by atoms with Gasteiger partial charge in [0.05, 0.1) is 17.0 Å². The maximum absolute atomic E-state index is 12.8. The number of pyridine rings is 2. The summed E-state index contributed by atoms with van der Waals surface area (Å²) in [6.45, 7) is 2.81. The maximum atomic E-state index is 12.8. The van der Waals surface area contributed by atoms with Gasteiger partial charge in [0.25, 0.3) is 0 Å². The average Bonchev–Trinajstić information content (AvgIpc) is 2.74. The standard InChI is InChI=1S/C21H23N3O3S/c25-13-12-24-10-7-16(8-11-24)19-5-3-4-17-14-18(15-23-21(17)19)28(26,27)20-6-1-2-9-22-20/h1-6,9,14-16,25H,7-8,10-13H2. The molecule has 0 saturated carbocycles. The number of sulfone groups is 1. The number of aromatic nitrogens is 2. The number of benzene rings is 1. The van der Waals surface area contributed by atoms with Gasteiger partial charge in [0.15, 0.2) is 5.03 Å². The first-order chi connectivity index (χ1) is 13.6. The highest BCUT2D eigenvalue weighted by atomic mass is 32.2. The summed E-state index contributed by atoms with van der Waals surface area (Å²) in [5.74, 6) is 0.393. The number of piperidine rings is 1. The molecule has 0 spiro atoms. The summed E-state index contributed by atoms with van der Waals surface area (Å²) in [6.07, 6.45) is 4.93. The van der Waals surface area contributed by atoms with Gasteiger partial charge in [-0.1, -0.05) is 24.3 Å². The van der Waals surface area contributed by atoms with Crippen LogP contribution in [-0.2, 0) is 9.84 Å². The fraction of sp³-hybridized carbons (Fsp3) is 0.333. The molecule has 0 unspecified atom stereocenters. The second-order valence-corrected chi connectivity index (χ2v) is 9.00. The molecule has 1 fully saturated rings. The molecule has 1 aromatic carbocycles. The van der Waals surface area contributed by atoms with Crippen molar-refractivity contribution in [3.8, 4) is 0 Å². The lowest BCUT2D eigenvalue weighted by molar-refractivity contribution is 0.164. The Hall–Kier alpha value is -2.35. The SMILES string of the molecule is O=S(=O)(c1cnc2c(C3CCN(CCO)CC3)cccc2c1)c1ccccn1. The number of β-amino-alcohol motifs (C(OH)–C–C–N with tert-alkyl or cyclic N) is 1. The molecule has 3 aromatic rings. The number of rotatable bonds is 5. The molecule has 1 aliphatic heterocycles. The molecule has 0 bridgehead atoms. The van der Waals surface area contributed by atoms with Gasteiger partial charge in [-0.3, -0.25) is 4.98 Å². The van der Waals surface area contributed by atoms with Crippen molar-refractivity contribution >= 4 is 20.7 Å². The highest BCUT2D eigenvalue weighted by Gasteiger charge is 2.24. The lowest BCUT2D eigenvalue weighted by Gasteiger charge is -2.32. The minimum absolute atomic E-state index is 0.0311. The largest absolute Gasteiger partial charge is 0.395 e. The minimum Gasteiger partial charge on any atom is -0.395 e. The number of nitrogens with zero attached hydrogens (tertiary/aromatic N) is 3. The first kappa shape index (κ1) is 19.0. The van der Waals surface area contributed by atoms with Gasteiger partial charge in [0.2, 0.25) is 9.84 Å².